The van der Waals surface area contributed by atoms with Crippen LogP contribution < -0.4 is 4.74 Å². The quantitative estimate of drug-likeness (QED) is 0.717. The van der Waals surface area contributed by atoms with Gasteiger partial charge in [0.1, 0.15) is 18.2 Å². The number of ketones is 1. The third-order valence-corrected chi connectivity index (χ3v) is 2.12. The summed E-state index contributed by atoms with van der Waals surface area (Å²) in [5.74, 6) is -0.540. The van der Waals surface area contributed by atoms with Crippen LogP contribution in [0.2, 0.25) is 0 Å². The van der Waals surface area contributed by atoms with Crippen molar-refractivity contribution in [3.8, 4) is 5.75 Å². The Morgan fingerprint density at radius 1 is 1.44 bits per heavy atom. The molecule has 0 bridgehead atoms. The van der Waals surface area contributed by atoms with Crippen LogP contribution in [-0.2, 0) is 0 Å². The second-order valence-electron chi connectivity index (χ2n) is 3.82. The molecule has 0 N–H and O–H groups in total. The maximum absolute atomic E-state index is 13.4. The molecule has 0 saturated heterocycles. The number of nitrogens with zero attached hydrogens (tertiary/aromatic N) is 1. The largest absolute Gasteiger partial charge is 0.491 e. The average molecular weight is 225 g/mol. The van der Waals surface area contributed by atoms with Gasteiger partial charge in [-0.15, -0.1) is 0 Å². The third kappa shape index (κ3) is 3.31. The van der Waals surface area contributed by atoms with Gasteiger partial charge in [0.25, 0.3) is 0 Å². The summed E-state index contributed by atoms with van der Waals surface area (Å²) in [4.78, 5) is 13.2. The van der Waals surface area contributed by atoms with E-state index in [-0.39, 0.29) is 11.3 Å². The number of ether oxygens (including phenoxy) is 1. The van der Waals surface area contributed by atoms with Crippen molar-refractivity contribution in [3.63, 3.8) is 0 Å². The first-order chi connectivity index (χ1) is 7.52. The minimum Gasteiger partial charge on any atom is -0.491 e. The highest BCUT2D eigenvalue weighted by atomic mass is 19.1. The van der Waals surface area contributed by atoms with Gasteiger partial charge in [-0.3, -0.25) is 4.79 Å². The summed E-state index contributed by atoms with van der Waals surface area (Å²) in [5, 5.41) is 0. The second-order valence-corrected chi connectivity index (χ2v) is 3.82. The number of likely N-dealkylation sites (N-methyl/N-ethyl adjacent to an activating group) is 1. The minimum atomic E-state index is -0.533. The number of Topliss-reactive ketones (excluding diaryl/α,β-unsaturated/α-hetero) is 1. The number of carbonyl (C=O) groups excluding carboxylic acids is 1. The van der Waals surface area contributed by atoms with Crippen molar-refractivity contribution < 1.29 is 13.9 Å². The zero-order valence-corrected chi connectivity index (χ0v) is 9.79. The normalized spacial score (nSPS) is 10.6. The fraction of sp³-hybridized carbons (Fsp3) is 0.417. The van der Waals surface area contributed by atoms with Crippen molar-refractivity contribution in [1.82, 2.24) is 4.90 Å². The number of benzene rings is 1. The van der Waals surface area contributed by atoms with E-state index in [1.807, 2.05) is 19.0 Å². The van der Waals surface area contributed by atoms with Crippen LogP contribution in [0.5, 0.6) is 5.75 Å². The van der Waals surface area contributed by atoms with Crippen LogP contribution in [0.25, 0.3) is 0 Å². The highest BCUT2D eigenvalue weighted by molar-refractivity contribution is 5.97. The van der Waals surface area contributed by atoms with Crippen molar-refractivity contribution in [3.05, 3.63) is 29.6 Å². The van der Waals surface area contributed by atoms with Crippen LogP contribution in [0.3, 0.4) is 0 Å². The summed E-state index contributed by atoms with van der Waals surface area (Å²) in [5.41, 5.74) is 0.0289. The molecule has 0 saturated carbocycles. The van der Waals surface area contributed by atoms with Gasteiger partial charge >= 0.3 is 0 Å². The Hall–Kier alpha value is -1.42. The molecule has 0 aliphatic heterocycles. The maximum Gasteiger partial charge on any atom is 0.166 e. The molecule has 0 aliphatic rings. The Balaban J connectivity index is 2.79. The van der Waals surface area contributed by atoms with E-state index in [2.05, 4.69) is 0 Å². The lowest BCUT2D eigenvalue weighted by Crippen LogP contribution is -2.20. The van der Waals surface area contributed by atoms with E-state index < -0.39 is 5.82 Å². The van der Waals surface area contributed by atoms with Crippen LogP contribution >= 0.6 is 0 Å². The van der Waals surface area contributed by atoms with Gasteiger partial charge in [0.2, 0.25) is 0 Å². The lowest BCUT2D eigenvalue weighted by Gasteiger charge is -2.13. The molecule has 0 spiro atoms. The Bertz CT molecular complexity index is 377. The van der Waals surface area contributed by atoms with Gasteiger partial charge in [-0.05, 0) is 33.2 Å². The zero-order chi connectivity index (χ0) is 12.1. The van der Waals surface area contributed by atoms with Crippen LogP contribution in [0.4, 0.5) is 4.39 Å². The fourth-order valence-electron chi connectivity index (χ4n) is 1.30. The lowest BCUT2D eigenvalue weighted by atomic mass is 10.1. The summed E-state index contributed by atoms with van der Waals surface area (Å²) >= 11 is 0. The Morgan fingerprint density at radius 2 is 2.12 bits per heavy atom. The minimum absolute atomic E-state index is 0.0289. The standard InChI is InChI=1S/C12H16FNO2/c1-9(15)12-10(13)5-4-6-11(12)16-8-7-14(2)3/h4-6H,7-8H2,1-3H3. The molecule has 16 heavy (non-hydrogen) atoms. The van der Waals surface area contributed by atoms with E-state index in [1.54, 1.807) is 6.07 Å². The molecule has 0 fully saturated rings. The monoisotopic (exact) mass is 225 g/mol. The maximum atomic E-state index is 13.4. The predicted octanol–water partition coefficient (Wildman–Crippen LogP) is 1.97. The average Bonchev–Trinajstić information content (AvgIpc) is 2.16. The third-order valence-electron chi connectivity index (χ3n) is 2.12. The van der Waals surface area contributed by atoms with E-state index in [9.17, 15) is 9.18 Å². The molecule has 0 unspecified atom stereocenters. The first-order valence-corrected chi connectivity index (χ1v) is 5.09. The van der Waals surface area contributed by atoms with Gasteiger partial charge < -0.3 is 9.64 Å². The molecule has 0 aliphatic carbocycles. The second kappa shape index (κ2) is 5.61. The summed E-state index contributed by atoms with van der Waals surface area (Å²) in [6.45, 7) is 2.47. The summed E-state index contributed by atoms with van der Waals surface area (Å²) in [6, 6.07) is 4.40. The molecule has 3 nitrogen and oxygen atoms in total. The molecule has 4 heteroatoms. The molecule has 0 amide bonds. The van der Waals surface area contributed by atoms with E-state index in [0.717, 1.165) is 0 Å². The summed E-state index contributed by atoms with van der Waals surface area (Å²) in [6.07, 6.45) is 0. The SMILES string of the molecule is CC(=O)c1c(F)cccc1OCCN(C)C. The molecule has 0 aromatic heterocycles. The van der Waals surface area contributed by atoms with Gasteiger partial charge in [-0.1, -0.05) is 6.07 Å². The van der Waals surface area contributed by atoms with Gasteiger partial charge in [-0.25, -0.2) is 4.39 Å². The smallest absolute Gasteiger partial charge is 0.166 e. The molecule has 1 aromatic carbocycles. The van der Waals surface area contributed by atoms with Crippen LogP contribution in [0, 0.1) is 5.82 Å². The Kier molecular flexibility index (Phi) is 4.43. The fourth-order valence-corrected chi connectivity index (χ4v) is 1.30. The van der Waals surface area contributed by atoms with E-state index >= 15 is 0 Å². The van der Waals surface area contributed by atoms with Crippen molar-refractivity contribution in [2.45, 2.75) is 6.92 Å². The van der Waals surface area contributed by atoms with Crippen molar-refractivity contribution in [2.75, 3.05) is 27.2 Å². The number of carbonyl (C=O) groups is 1. The van der Waals surface area contributed by atoms with E-state index in [1.165, 1.54) is 19.1 Å². The molecular weight excluding hydrogens is 209 g/mol. The van der Waals surface area contributed by atoms with E-state index in [4.69, 9.17) is 4.74 Å². The Labute approximate surface area is 94.8 Å². The van der Waals surface area contributed by atoms with Crippen LogP contribution in [0.15, 0.2) is 18.2 Å². The lowest BCUT2D eigenvalue weighted by molar-refractivity contribution is 0.100. The summed E-state index contributed by atoms with van der Waals surface area (Å²) < 4.78 is 18.8. The first kappa shape index (κ1) is 12.6. The molecule has 1 rings (SSSR count). The van der Waals surface area contributed by atoms with Gasteiger partial charge in [0.15, 0.2) is 5.78 Å². The van der Waals surface area contributed by atoms with Crippen molar-refractivity contribution in [1.29, 1.82) is 0 Å². The number of halogens is 1. The molecule has 0 radical (unpaired) electrons. The Morgan fingerprint density at radius 3 is 2.69 bits per heavy atom. The van der Waals surface area contributed by atoms with Gasteiger partial charge in [0, 0.05) is 6.54 Å². The number of hydrogen-bond donors (Lipinski definition) is 0. The van der Waals surface area contributed by atoms with Gasteiger partial charge in [-0.2, -0.15) is 0 Å². The summed E-state index contributed by atoms with van der Waals surface area (Å²) in [7, 11) is 3.83. The van der Waals surface area contributed by atoms with Crippen LogP contribution in [0.1, 0.15) is 17.3 Å². The van der Waals surface area contributed by atoms with Crippen molar-refractivity contribution >= 4 is 5.78 Å². The van der Waals surface area contributed by atoms with Crippen LogP contribution in [-0.4, -0.2) is 37.9 Å². The molecular formula is C12H16FNO2. The number of rotatable bonds is 5. The van der Waals surface area contributed by atoms with Gasteiger partial charge in [0.05, 0.1) is 5.56 Å². The van der Waals surface area contributed by atoms with Crippen molar-refractivity contribution in [2.24, 2.45) is 0 Å². The highest BCUT2D eigenvalue weighted by Gasteiger charge is 2.13. The molecule has 1 aromatic rings. The predicted molar refractivity (Wildman–Crippen MR) is 60.5 cm³/mol. The zero-order valence-electron chi connectivity index (χ0n) is 9.79. The highest BCUT2D eigenvalue weighted by Crippen LogP contribution is 2.21. The molecule has 88 valence electrons. The molecule has 0 heterocycles. The van der Waals surface area contributed by atoms with E-state index in [0.29, 0.717) is 18.9 Å². The molecule has 0 atom stereocenters. The number of hydrogen-bond acceptors (Lipinski definition) is 3. The first-order valence-electron chi connectivity index (χ1n) is 5.09. The topological polar surface area (TPSA) is 29.5 Å².